The number of alkyl halides is 3. The van der Waals surface area contributed by atoms with Crippen LogP contribution in [0.25, 0.3) is 0 Å². The van der Waals surface area contributed by atoms with E-state index in [1.54, 1.807) is 6.92 Å². The first-order valence-electron chi connectivity index (χ1n) is 6.94. The summed E-state index contributed by atoms with van der Waals surface area (Å²) in [7, 11) is 0. The molecule has 2 atom stereocenters. The molecule has 0 aliphatic carbocycles. The standard InChI is InChI=1S/C15H21F3N2O/c1-4-10(2)19-9-14(21)20-11(3)12-5-7-13(8-6-12)15(16,17)18/h5-8,10-11,19H,4,9H2,1-3H3,(H,20,21). The SMILES string of the molecule is CCC(C)NCC(=O)NC(C)c1ccc(C(F)(F)F)cc1. The van der Waals surface area contributed by atoms with Crippen LogP contribution in [0.5, 0.6) is 0 Å². The minimum atomic E-state index is -4.34. The Labute approximate surface area is 122 Å². The molecular weight excluding hydrogens is 281 g/mol. The fraction of sp³-hybridized carbons (Fsp3) is 0.533. The molecular formula is C15H21F3N2O. The number of nitrogens with one attached hydrogen (secondary N) is 2. The molecule has 3 nitrogen and oxygen atoms in total. The maximum atomic E-state index is 12.5. The van der Waals surface area contributed by atoms with E-state index >= 15 is 0 Å². The molecule has 0 aliphatic rings. The molecule has 0 heterocycles. The van der Waals surface area contributed by atoms with Gasteiger partial charge in [-0.05, 0) is 38.0 Å². The van der Waals surface area contributed by atoms with Gasteiger partial charge in [0.05, 0.1) is 18.2 Å². The number of carbonyl (C=O) groups is 1. The van der Waals surface area contributed by atoms with Gasteiger partial charge in [0.15, 0.2) is 0 Å². The molecule has 0 spiro atoms. The zero-order valence-corrected chi connectivity index (χ0v) is 12.4. The van der Waals surface area contributed by atoms with E-state index in [1.807, 2.05) is 13.8 Å². The van der Waals surface area contributed by atoms with Gasteiger partial charge >= 0.3 is 6.18 Å². The monoisotopic (exact) mass is 302 g/mol. The zero-order valence-electron chi connectivity index (χ0n) is 12.4. The van der Waals surface area contributed by atoms with Crippen LogP contribution >= 0.6 is 0 Å². The van der Waals surface area contributed by atoms with Crippen LogP contribution in [-0.2, 0) is 11.0 Å². The Morgan fingerprint density at radius 3 is 2.24 bits per heavy atom. The minimum Gasteiger partial charge on any atom is -0.348 e. The third-order valence-corrected chi connectivity index (χ3v) is 3.34. The molecule has 0 bridgehead atoms. The first kappa shape index (κ1) is 17.5. The van der Waals surface area contributed by atoms with Crippen molar-refractivity contribution < 1.29 is 18.0 Å². The molecule has 1 amide bonds. The van der Waals surface area contributed by atoms with Crippen LogP contribution in [0, 0.1) is 0 Å². The lowest BCUT2D eigenvalue weighted by Crippen LogP contribution is -2.38. The van der Waals surface area contributed by atoms with Crippen molar-refractivity contribution in [3.63, 3.8) is 0 Å². The van der Waals surface area contributed by atoms with E-state index in [4.69, 9.17) is 0 Å². The highest BCUT2D eigenvalue weighted by atomic mass is 19.4. The lowest BCUT2D eigenvalue weighted by atomic mass is 10.1. The Hall–Kier alpha value is -1.56. The van der Waals surface area contributed by atoms with Crippen LogP contribution < -0.4 is 10.6 Å². The Bertz CT molecular complexity index is 457. The summed E-state index contributed by atoms with van der Waals surface area (Å²) in [5.41, 5.74) is -0.0527. The van der Waals surface area contributed by atoms with Crippen LogP contribution in [0.2, 0.25) is 0 Å². The second-order valence-corrected chi connectivity index (χ2v) is 5.10. The van der Waals surface area contributed by atoms with Crippen LogP contribution in [-0.4, -0.2) is 18.5 Å². The predicted octanol–water partition coefficient (Wildman–Crippen LogP) is 3.27. The van der Waals surface area contributed by atoms with Crippen LogP contribution in [0.3, 0.4) is 0 Å². The third-order valence-electron chi connectivity index (χ3n) is 3.34. The summed E-state index contributed by atoms with van der Waals surface area (Å²) in [5, 5.41) is 5.81. The molecule has 2 N–H and O–H groups in total. The lowest BCUT2D eigenvalue weighted by Gasteiger charge is -2.17. The van der Waals surface area contributed by atoms with Gasteiger partial charge in [0.2, 0.25) is 5.91 Å². The van der Waals surface area contributed by atoms with Gasteiger partial charge in [-0.1, -0.05) is 19.1 Å². The van der Waals surface area contributed by atoms with E-state index < -0.39 is 11.7 Å². The molecule has 1 aromatic carbocycles. The van der Waals surface area contributed by atoms with E-state index in [2.05, 4.69) is 10.6 Å². The van der Waals surface area contributed by atoms with Gasteiger partial charge in [-0.25, -0.2) is 0 Å². The maximum absolute atomic E-state index is 12.5. The van der Waals surface area contributed by atoms with Gasteiger partial charge in [0, 0.05) is 6.04 Å². The normalized spacial score (nSPS) is 14.6. The quantitative estimate of drug-likeness (QED) is 0.847. The number of hydrogen-bond acceptors (Lipinski definition) is 2. The summed E-state index contributed by atoms with van der Waals surface area (Å²) in [6.45, 7) is 5.93. The van der Waals surface area contributed by atoms with Crippen molar-refractivity contribution in [2.45, 2.75) is 45.5 Å². The highest BCUT2D eigenvalue weighted by Gasteiger charge is 2.30. The molecule has 6 heteroatoms. The zero-order chi connectivity index (χ0) is 16.0. The van der Waals surface area contributed by atoms with Crippen LogP contribution in [0.4, 0.5) is 13.2 Å². The lowest BCUT2D eigenvalue weighted by molar-refractivity contribution is -0.137. The van der Waals surface area contributed by atoms with Crippen molar-refractivity contribution >= 4 is 5.91 Å². The summed E-state index contributed by atoms with van der Waals surface area (Å²) in [4.78, 5) is 11.7. The smallest absolute Gasteiger partial charge is 0.348 e. The van der Waals surface area contributed by atoms with E-state index in [9.17, 15) is 18.0 Å². The molecule has 0 aromatic heterocycles. The number of hydrogen-bond donors (Lipinski definition) is 2. The fourth-order valence-corrected chi connectivity index (χ4v) is 1.75. The Morgan fingerprint density at radius 1 is 1.19 bits per heavy atom. The van der Waals surface area contributed by atoms with Gasteiger partial charge < -0.3 is 10.6 Å². The number of carbonyl (C=O) groups excluding carboxylic acids is 1. The second-order valence-electron chi connectivity index (χ2n) is 5.10. The Balaban J connectivity index is 2.55. The average molecular weight is 302 g/mol. The van der Waals surface area contributed by atoms with Crippen molar-refractivity contribution in [1.82, 2.24) is 10.6 Å². The Morgan fingerprint density at radius 2 is 1.76 bits per heavy atom. The van der Waals surface area contributed by atoms with E-state index in [-0.39, 0.29) is 24.5 Å². The van der Waals surface area contributed by atoms with Crippen LogP contribution in [0.1, 0.15) is 44.4 Å². The van der Waals surface area contributed by atoms with Gasteiger partial charge in [-0.15, -0.1) is 0 Å². The highest BCUT2D eigenvalue weighted by Crippen LogP contribution is 2.29. The summed E-state index contributed by atoms with van der Waals surface area (Å²) in [6, 6.07) is 4.73. The summed E-state index contributed by atoms with van der Waals surface area (Å²) in [6.07, 6.45) is -3.42. The number of amides is 1. The fourth-order valence-electron chi connectivity index (χ4n) is 1.75. The second kappa shape index (κ2) is 7.45. The summed E-state index contributed by atoms with van der Waals surface area (Å²) in [5.74, 6) is -0.178. The number of benzene rings is 1. The van der Waals surface area contributed by atoms with Gasteiger partial charge in [0.25, 0.3) is 0 Å². The third kappa shape index (κ3) is 5.75. The molecule has 1 rings (SSSR count). The van der Waals surface area contributed by atoms with Gasteiger partial charge in [-0.2, -0.15) is 13.2 Å². The predicted molar refractivity (Wildman–Crippen MR) is 75.8 cm³/mol. The number of halogens is 3. The molecule has 2 unspecified atom stereocenters. The molecule has 0 aliphatic heterocycles. The first-order valence-corrected chi connectivity index (χ1v) is 6.94. The molecule has 0 saturated heterocycles. The first-order chi connectivity index (χ1) is 9.74. The van der Waals surface area contributed by atoms with E-state index in [1.165, 1.54) is 12.1 Å². The molecule has 0 radical (unpaired) electrons. The molecule has 21 heavy (non-hydrogen) atoms. The maximum Gasteiger partial charge on any atom is 0.416 e. The van der Waals surface area contributed by atoms with Crippen molar-refractivity contribution in [3.05, 3.63) is 35.4 Å². The molecule has 0 fully saturated rings. The largest absolute Gasteiger partial charge is 0.416 e. The van der Waals surface area contributed by atoms with Crippen molar-refractivity contribution in [2.75, 3.05) is 6.54 Å². The Kier molecular flexibility index (Phi) is 6.20. The van der Waals surface area contributed by atoms with Crippen molar-refractivity contribution in [1.29, 1.82) is 0 Å². The van der Waals surface area contributed by atoms with Crippen molar-refractivity contribution in [3.8, 4) is 0 Å². The summed E-state index contributed by atoms with van der Waals surface area (Å²) < 4.78 is 37.4. The summed E-state index contributed by atoms with van der Waals surface area (Å²) >= 11 is 0. The highest BCUT2D eigenvalue weighted by molar-refractivity contribution is 5.78. The van der Waals surface area contributed by atoms with Crippen molar-refractivity contribution in [2.24, 2.45) is 0 Å². The molecule has 0 saturated carbocycles. The van der Waals surface area contributed by atoms with Gasteiger partial charge in [-0.3, -0.25) is 4.79 Å². The topological polar surface area (TPSA) is 41.1 Å². The van der Waals surface area contributed by atoms with E-state index in [0.717, 1.165) is 18.6 Å². The molecule has 118 valence electrons. The minimum absolute atomic E-state index is 0.178. The number of rotatable bonds is 6. The average Bonchev–Trinajstić information content (AvgIpc) is 2.43. The van der Waals surface area contributed by atoms with Crippen LogP contribution in [0.15, 0.2) is 24.3 Å². The van der Waals surface area contributed by atoms with E-state index in [0.29, 0.717) is 5.56 Å². The van der Waals surface area contributed by atoms with Gasteiger partial charge in [0.1, 0.15) is 0 Å². The molecule has 1 aromatic rings.